The first-order valence-electron chi connectivity index (χ1n) is 10.8. The Balaban J connectivity index is 1.54. The lowest BCUT2D eigenvalue weighted by Gasteiger charge is -2.11. The van der Waals surface area contributed by atoms with Gasteiger partial charge < -0.3 is 4.42 Å². The molecule has 0 N–H and O–H groups in total. The maximum Gasteiger partial charge on any atom is 0.293 e. The molecule has 0 unspecified atom stereocenters. The summed E-state index contributed by atoms with van der Waals surface area (Å²) >= 11 is 1.76. The van der Waals surface area contributed by atoms with Gasteiger partial charge in [-0.3, -0.25) is 4.68 Å². The Kier molecular flexibility index (Phi) is 3.78. The van der Waals surface area contributed by atoms with Crippen LogP contribution in [0.1, 0.15) is 5.56 Å². The Morgan fingerprint density at radius 2 is 1.76 bits per heavy atom. The summed E-state index contributed by atoms with van der Waals surface area (Å²) in [5.74, 6) is 0. The Hall–Kier alpha value is -4.03. The van der Waals surface area contributed by atoms with Gasteiger partial charge >= 0.3 is 0 Å². The van der Waals surface area contributed by atoms with Crippen molar-refractivity contribution in [2.24, 2.45) is 7.05 Å². The molecule has 4 heterocycles. The van der Waals surface area contributed by atoms with E-state index in [2.05, 4.69) is 59.9 Å². The molecule has 5 nitrogen and oxygen atoms in total. The number of hydrogen-bond acceptors (Lipinski definition) is 4. The normalized spacial score (nSPS) is 11.9. The molecule has 33 heavy (non-hydrogen) atoms. The van der Waals surface area contributed by atoms with Crippen LogP contribution in [0.5, 0.6) is 0 Å². The quantitative estimate of drug-likeness (QED) is 0.292. The average molecular weight is 448 g/mol. The minimum atomic E-state index is 0.911. The molecule has 0 aliphatic heterocycles. The van der Waals surface area contributed by atoms with E-state index in [0.29, 0.717) is 0 Å². The molecule has 0 atom stereocenters. The number of thiazole rings is 1. The second-order valence-corrected chi connectivity index (χ2v) is 9.33. The van der Waals surface area contributed by atoms with Crippen LogP contribution in [0.15, 0.2) is 83.7 Å². The molecule has 0 aliphatic rings. The summed E-state index contributed by atoms with van der Waals surface area (Å²) in [6, 6.07) is 22.9. The minimum Gasteiger partial charge on any atom is -0.456 e. The molecule has 7 rings (SSSR count). The Morgan fingerprint density at radius 3 is 2.64 bits per heavy atom. The largest absolute Gasteiger partial charge is 0.456 e. The van der Waals surface area contributed by atoms with E-state index < -0.39 is 0 Å². The predicted octanol–water partition coefficient (Wildman–Crippen LogP) is 6.31. The third-order valence-electron chi connectivity index (χ3n) is 6.33. The zero-order valence-corrected chi connectivity index (χ0v) is 18.9. The van der Waals surface area contributed by atoms with Crippen LogP contribution < -0.4 is 4.40 Å². The van der Waals surface area contributed by atoms with Gasteiger partial charge in [0.2, 0.25) is 10.5 Å². The molecule has 0 fully saturated rings. The van der Waals surface area contributed by atoms with E-state index in [-0.39, 0.29) is 0 Å². The number of nitrogens with zero attached hydrogens (tertiary/aromatic N) is 4. The fraction of sp³-hybridized carbons (Fsp3) is 0.0741. The average Bonchev–Trinajstić information content (AvgIpc) is 3.50. The number of imidazole rings is 1. The summed E-state index contributed by atoms with van der Waals surface area (Å²) in [5, 5.41) is 6.96. The molecule has 4 aromatic heterocycles. The Morgan fingerprint density at radius 1 is 0.939 bits per heavy atom. The number of para-hydroxylation sites is 1. The van der Waals surface area contributed by atoms with E-state index in [9.17, 15) is 0 Å². The van der Waals surface area contributed by atoms with Crippen molar-refractivity contribution in [1.29, 1.82) is 0 Å². The first-order valence-corrected chi connectivity index (χ1v) is 11.6. The van der Waals surface area contributed by atoms with E-state index in [0.717, 1.165) is 60.4 Å². The molecule has 0 saturated heterocycles. The van der Waals surface area contributed by atoms with Gasteiger partial charge in [-0.25, -0.2) is 0 Å². The second kappa shape index (κ2) is 6.73. The Bertz CT molecular complexity index is 1840. The fourth-order valence-electron chi connectivity index (χ4n) is 4.72. The molecular weight excluding hydrogens is 428 g/mol. The summed E-state index contributed by atoms with van der Waals surface area (Å²) in [7, 11) is 2.01. The zero-order chi connectivity index (χ0) is 22.1. The SMILES string of the molecule is Cc1cc2oc3ccccc3c2cc1-c1c2sc3c(-c4ccccc4)nc[n+]3c2cnn1C. The summed E-state index contributed by atoms with van der Waals surface area (Å²) in [6.45, 7) is 2.14. The van der Waals surface area contributed by atoms with Crippen LogP contribution in [-0.4, -0.2) is 14.8 Å². The van der Waals surface area contributed by atoms with Crippen molar-refractivity contribution in [1.82, 2.24) is 14.8 Å². The van der Waals surface area contributed by atoms with Gasteiger partial charge in [0.15, 0.2) is 5.52 Å². The lowest BCUT2D eigenvalue weighted by molar-refractivity contribution is -0.476. The molecule has 0 bridgehead atoms. The van der Waals surface area contributed by atoms with Gasteiger partial charge in [0.1, 0.15) is 15.9 Å². The number of benzene rings is 3. The zero-order valence-electron chi connectivity index (χ0n) is 18.1. The van der Waals surface area contributed by atoms with Crippen LogP contribution >= 0.6 is 11.3 Å². The number of hydrogen-bond donors (Lipinski definition) is 0. The predicted molar refractivity (Wildman–Crippen MR) is 132 cm³/mol. The molecule has 3 aromatic carbocycles. The molecule has 158 valence electrons. The number of rotatable bonds is 2. The van der Waals surface area contributed by atoms with E-state index >= 15 is 0 Å². The molecule has 0 amide bonds. The number of furan rings is 1. The fourth-order valence-corrected chi connectivity index (χ4v) is 6.02. The monoisotopic (exact) mass is 447 g/mol. The van der Waals surface area contributed by atoms with Crippen molar-refractivity contribution < 1.29 is 8.82 Å². The maximum atomic E-state index is 6.11. The van der Waals surface area contributed by atoms with Crippen molar-refractivity contribution in [2.45, 2.75) is 6.92 Å². The van der Waals surface area contributed by atoms with Crippen molar-refractivity contribution >= 4 is 48.3 Å². The minimum absolute atomic E-state index is 0.911. The first kappa shape index (κ1) is 18.5. The van der Waals surface area contributed by atoms with Crippen molar-refractivity contribution in [2.75, 3.05) is 0 Å². The van der Waals surface area contributed by atoms with Gasteiger partial charge in [-0.2, -0.15) is 9.50 Å². The van der Waals surface area contributed by atoms with Crippen LogP contribution in [-0.2, 0) is 7.05 Å². The van der Waals surface area contributed by atoms with E-state index in [1.165, 1.54) is 4.70 Å². The van der Waals surface area contributed by atoms with Crippen molar-refractivity contribution in [3.8, 4) is 22.5 Å². The first-order chi connectivity index (χ1) is 16.2. The summed E-state index contributed by atoms with van der Waals surface area (Å²) in [6.07, 6.45) is 3.83. The molecule has 0 spiro atoms. The highest BCUT2D eigenvalue weighted by Gasteiger charge is 2.25. The highest BCUT2D eigenvalue weighted by molar-refractivity contribution is 7.24. The molecule has 0 radical (unpaired) electrons. The summed E-state index contributed by atoms with van der Waals surface area (Å²) < 4.78 is 11.4. The summed E-state index contributed by atoms with van der Waals surface area (Å²) in [4.78, 5) is 5.84. The number of aryl methyl sites for hydroxylation is 2. The maximum absolute atomic E-state index is 6.11. The Labute approximate surface area is 193 Å². The van der Waals surface area contributed by atoms with Crippen molar-refractivity contribution in [3.05, 3.63) is 84.8 Å². The van der Waals surface area contributed by atoms with Gasteiger partial charge in [0.25, 0.3) is 6.33 Å². The lowest BCUT2D eigenvalue weighted by atomic mass is 10.0. The van der Waals surface area contributed by atoms with Gasteiger partial charge in [-0.1, -0.05) is 59.9 Å². The highest BCUT2D eigenvalue weighted by Crippen LogP contribution is 2.39. The van der Waals surface area contributed by atoms with E-state index in [4.69, 9.17) is 14.5 Å². The van der Waals surface area contributed by atoms with Crippen molar-refractivity contribution in [3.63, 3.8) is 0 Å². The highest BCUT2D eigenvalue weighted by atomic mass is 32.1. The molecular formula is C27H19N4OS+. The lowest BCUT2D eigenvalue weighted by Crippen LogP contribution is -2.16. The van der Waals surface area contributed by atoms with Gasteiger partial charge in [-0.05, 0) is 35.7 Å². The topological polar surface area (TPSA) is 48.0 Å². The number of aromatic nitrogens is 4. The smallest absolute Gasteiger partial charge is 0.293 e. The van der Waals surface area contributed by atoms with Crippen LogP contribution in [0.4, 0.5) is 0 Å². The van der Waals surface area contributed by atoms with Crippen LogP contribution in [0.25, 0.3) is 59.5 Å². The third-order valence-corrected chi connectivity index (χ3v) is 7.52. The third kappa shape index (κ3) is 2.61. The van der Waals surface area contributed by atoms with E-state index in [1.807, 2.05) is 42.5 Å². The molecule has 0 aliphatic carbocycles. The second-order valence-electron chi connectivity index (χ2n) is 8.33. The van der Waals surface area contributed by atoms with Gasteiger partial charge in [0.05, 0.1) is 11.9 Å². The van der Waals surface area contributed by atoms with Crippen LogP contribution in [0.3, 0.4) is 0 Å². The van der Waals surface area contributed by atoms with Crippen LogP contribution in [0, 0.1) is 6.92 Å². The standard InChI is InChI=1S/C27H19N4OS/c1-16-12-23-20(18-10-6-7-11-22(18)32-23)13-19(16)25-26-21(14-29-30(25)2)31-15-28-24(27(31)33-26)17-8-4-3-5-9-17/h3-15H,1-2H3/q+1. The number of fused-ring (bicyclic) bond motifs is 6. The summed E-state index contributed by atoms with van der Waals surface area (Å²) in [5.41, 5.74) is 8.42. The molecule has 6 heteroatoms. The van der Waals surface area contributed by atoms with Crippen LogP contribution in [0.2, 0.25) is 0 Å². The van der Waals surface area contributed by atoms with Gasteiger partial charge in [0, 0.05) is 28.9 Å². The van der Waals surface area contributed by atoms with Gasteiger partial charge in [-0.15, -0.1) is 0 Å². The molecule has 0 saturated carbocycles. The molecule has 7 aromatic rings. The van der Waals surface area contributed by atoms with E-state index in [1.54, 1.807) is 11.3 Å².